The Morgan fingerprint density at radius 2 is 1.70 bits per heavy atom. The minimum Gasteiger partial charge on any atom is -0.464 e. The Hall–Kier alpha value is -2.43. The van der Waals surface area contributed by atoms with Crippen molar-refractivity contribution in [3.05, 3.63) is 47.9 Å². The van der Waals surface area contributed by atoms with Crippen molar-refractivity contribution in [2.24, 2.45) is 0 Å². The number of amides is 1. The molecular weight excluding hydrogens is 292 g/mol. The summed E-state index contributed by atoms with van der Waals surface area (Å²) >= 11 is 0. The molecule has 2 N–H and O–H groups in total. The molecule has 2 aromatic rings. The Morgan fingerprint density at radius 3 is 2.22 bits per heavy atom. The first-order chi connectivity index (χ1) is 10.7. The lowest BCUT2D eigenvalue weighted by molar-refractivity contribution is 0.0636. The Balaban J connectivity index is 1.93. The molecule has 0 saturated heterocycles. The number of carbonyl (C=O) groups is 1. The van der Waals surface area contributed by atoms with Crippen LogP contribution in [0.5, 0.6) is 0 Å². The van der Waals surface area contributed by atoms with E-state index in [1.807, 2.05) is 71.0 Å². The van der Waals surface area contributed by atoms with E-state index in [1.54, 1.807) is 0 Å². The Labute approximate surface area is 137 Å². The first kappa shape index (κ1) is 16.9. The molecule has 0 radical (unpaired) electrons. The van der Waals surface area contributed by atoms with Gasteiger partial charge in [-0.2, -0.15) is 0 Å². The molecule has 1 aromatic heterocycles. The molecule has 0 bridgehead atoms. The van der Waals surface area contributed by atoms with Crippen molar-refractivity contribution in [3.8, 4) is 0 Å². The number of aryl methyl sites for hydroxylation is 1. The fourth-order valence-corrected chi connectivity index (χ4v) is 2.08. The molecule has 124 valence electrons. The fraction of sp³-hybridized carbons (Fsp3) is 0.389. The average molecular weight is 316 g/mol. The molecule has 1 atom stereocenters. The van der Waals surface area contributed by atoms with E-state index in [0.29, 0.717) is 5.69 Å². The second-order valence-electron chi connectivity index (χ2n) is 6.52. The van der Waals surface area contributed by atoms with Crippen LogP contribution in [0.2, 0.25) is 0 Å². The van der Waals surface area contributed by atoms with Crippen molar-refractivity contribution in [2.75, 3.05) is 10.6 Å². The van der Waals surface area contributed by atoms with Gasteiger partial charge in [0, 0.05) is 11.4 Å². The van der Waals surface area contributed by atoms with Crippen LogP contribution < -0.4 is 10.6 Å². The monoisotopic (exact) mass is 316 g/mol. The summed E-state index contributed by atoms with van der Waals surface area (Å²) in [4.78, 5) is 11.7. The molecule has 1 unspecified atom stereocenters. The summed E-state index contributed by atoms with van der Waals surface area (Å²) in [6.45, 7) is 9.45. The van der Waals surface area contributed by atoms with E-state index in [2.05, 4.69) is 10.6 Å². The minimum absolute atomic E-state index is 0.0633. The number of hydrogen-bond donors (Lipinski definition) is 2. The van der Waals surface area contributed by atoms with Gasteiger partial charge in [-0.25, -0.2) is 4.79 Å². The molecular formula is C18H24N2O3. The van der Waals surface area contributed by atoms with Crippen LogP contribution in [0.25, 0.3) is 0 Å². The van der Waals surface area contributed by atoms with E-state index in [1.165, 1.54) is 0 Å². The Kier molecular flexibility index (Phi) is 4.98. The maximum absolute atomic E-state index is 11.7. The van der Waals surface area contributed by atoms with Gasteiger partial charge in [-0.3, -0.25) is 5.32 Å². The summed E-state index contributed by atoms with van der Waals surface area (Å²) in [6, 6.07) is 11.4. The molecule has 5 heteroatoms. The van der Waals surface area contributed by atoms with Gasteiger partial charge < -0.3 is 14.5 Å². The highest BCUT2D eigenvalue weighted by Crippen LogP contribution is 2.22. The highest BCUT2D eigenvalue weighted by molar-refractivity contribution is 5.85. The standard InChI is InChI=1S/C18H24N2O3/c1-12-6-11-16(22-12)13(2)19-14-7-9-15(10-8-14)20-17(21)23-18(3,4)5/h6-11,13,19H,1-5H3,(H,20,21). The number of ether oxygens (including phenoxy) is 1. The summed E-state index contributed by atoms with van der Waals surface area (Å²) in [7, 11) is 0. The van der Waals surface area contributed by atoms with Gasteiger partial charge in [-0.05, 0) is 71.0 Å². The van der Waals surface area contributed by atoms with Crippen LogP contribution >= 0.6 is 0 Å². The molecule has 2 rings (SSSR count). The van der Waals surface area contributed by atoms with Crippen LogP contribution in [0.4, 0.5) is 16.2 Å². The van der Waals surface area contributed by atoms with E-state index in [4.69, 9.17) is 9.15 Å². The number of rotatable bonds is 4. The molecule has 0 aliphatic carbocycles. The normalized spacial score (nSPS) is 12.6. The molecule has 0 spiro atoms. The van der Waals surface area contributed by atoms with Gasteiger partial charge in [0.1, 0.15) is 17.1 Å². The first-order valence-electron chi connectivity index (χ1n) is 7.66. The zero-order chi connectivity index (χ0) is 17.0. The van der Waals surface area contributed by atoms with E-state index < -0.39 is 11.7 Å². The number of benzene rings is 1. The topological polar surface area (TPSA) is 63.5 Å². The van der Waals surface area contributed by atoms with Crippen LogP contribution in [0, 0.1) is 6.92 Å². The summed E-state index contributed by atoms with van der Waals surface area (Å²) < 4.78 is 10.8. The number of hydrogen-bond acceptors (Lipinski definition) is 4. The summed E-state index contributed by atoms with van der Waals surface area (Å²) in [5, 5.41) is 6.06. The van der Waals surface area contributed by atoms with Crippen molar-refractivity contribution in [2.45, 2.75) is 46.3 Å². The predicted molar refractivity (Wildman–Crippen MR) is 91.8 cm³/mol. The van der Waals surface area contributed by atoms with E-state index in [-0.39, 0.29) is 6.04 Å². The number of furan rings is 1. The zero-order valence-electron chi connectivity index (χ0n) is 14.3. The molecule has 0 fully saturated rings. The second kappa shape index (κ2) is 6.77. The first-order valence-corrected chi connectivity index (χ1v) is 7.66. The molecule has 23 heavy (non-hydrogen) atoms. The van der Waals surface area contributed by atoms with Crippen molar-refractivity contribution in [1.82, 2.24) is 0 Å². The van der Waals surface area contributed by atoms with Gasteiger partial charge in [-0.1, -0.05) is 0 Å². The van der Waals surface area contributed by atoms with Crippen LogP contribution in [0.15, 0.2) is 40.8 Å². The molecule has 0 aliphatic heterocycles. The van der Waals surface area contributed by atoms with Crippen LogP contribution in [0.1, 0.15) is 45.3 Å². The van der Waals surface area contributed by atoms with Gasteiger partial charge in [0.2, 0.25) is 0 Å². The van der Waals surface area contributed by atoms with Crippen molar-refractivity contribution in [1.29, 1.82) is 0 Å². The molecule has 1 aromatic carbocycles. The highest BCUT2D eigenvalue weighted by Gasteiger charge is 2.16. The van der Waals surface area contributed by atoms with Crippen LogP contribution in [-0.4, -0.2) is 11.7 Å². The number of carbonyl (C=O) groups excluding carboxylic acids is 1. The van der Waals surface area contributed by atoms with Crippen molar-refractivity contribution < 1.29 is 13.9 Å². The molecule has 0 saturated carbocycles. The smallest absolute Gasteiger partial charge is 0.412 e. The van der Waals surface area contributed by atoms with Gasteiger partial charge in [0.25, 0.3) is 0 Å². The summed E-state index contributed by atoms with van der Waals surface area (Å²) in [5.41, 5.74) is 1.12. The van der Waals surface area contributed by atoms with Crippen molar-refractivity contribution in [3.63, 3.8) is 0 Å². The lowest BCUT2D eigenvalue weighted by Gasteiger charge is -2.19. The third-order valence-electron chi connectivity index (χ3n) is 3.10. The quantitative estimate of drug-likeness (QED) is 0.823. The molecule has 5 nitrogen and oxygen atoms in total. The summed E-state index contributed by atoms with van der Waals surface area (Å²) in [5.74, 6) is 1.78. The Morgan fingerprint density at radius 1 is 1.09 bits per heavy atom. The predicted octanol–water partition coefficient (Wildman–Crippen LogP) is 5.11. The maximum Gasteiger partial charge on any atom is 0.412 e. The largest absolute Gasteiger partial charge is 0.464 e. The number of nitrogens with one attached hydrogen (secondary N) is 2. The van der Waals surface area contributed by atoms with Crippen molar-refractivity contribution >= 4 is 17.5 Å². The maximum atomic E-state index is 11.7. The zero-order valence-corrected chi connectivity index (χ0v) is 14.3. The van der Waals surface area contributed by atoms with E-state index in [0.717, 1.165) is 17.2 Å². The lowest BCUT2D eigenvalue weighted by atomic mass is 10.2. The van der Waals surface area contributed by atoms with Gasteiger partial charge in [0.15, 0.2) is 0 Å². The van der Waals surface area contributed by atoms with E-state index in [9.17, 15) is 4.79 Å². The Bertz CT molecular complexity index is 654. The highest BCUT2D eigenvalue weighted by atomic mass is 16.6. The molecule has 0 aliphatic rings. The SMILES string of the molecule is Cc1ccc(C(C)Nc2ccc(NC(=O)OC(C)(C)C)cc2)o1. The van der Waals surface area contributed by atoms with Crippen LogP contribution in [-0.2, 0) is 4.74 Å². The minimum atomic E-state index is -0.512. The molecule has 1 heterocycles. The third kappa shape index (κ3) is 5.36. The number of anilines is 2. The average Bonchev–Trinajstić information content (AvgIpc) is 2.85. The summed E-state index contributed by atoms with van der Waals surface area (Å²) in [6.07, 6.45) is -0.461. The lowest BCUT2D eigenvalue weighted by Crippen LogP contribution is -2.27. The van der Waals surface area contributed by atoms with Gasteiger partial charge in [-0.15, -0.1) is 0 Å². The fourth-order valence-electron chi connectivity index (χ4n) is 2.08. The van der Waals surface area contributed by atoms with Gasteiger partial charge >= 0.3 is 6.09 Å². The van der Waals surface area contributed by atoms with Crippen LogP contribution in [0.3, 0.4) is 0 Å². The second-order valence-corrected chi connectivity index (χ2v) is 6.52. The molecule has 1 amide bonds. The van der Waals surface area contributed by atoms with Gasteiger partial charge in [0.05, 0.1) is 6.04 Å². The van der Waals surface area contributed by atoms with E-state index >= 15 is 0 Å². The third-order valence-corrected chi connectivity index (χ3v) is 3.10.